The van der Waals surface area contributed by atoms with Crippen LogP contribution in [-0.2, 0) is 7.05 Å². The van der Waals surface area contributed by atoms with Gasteiger partial charge < -0.3 is 14.0 Å². The molecule has 1 saturated carbocycles. The van der Waals surface area contributed by atoms with Gasteiger partial charge in [0, 0.05) is 38.1 Å². The quantitative estimate of drug-likeness (QED) is 0.579. The molecule has 0 N–H and O–H groups in total. The number of hydrogen-bond donors (Lipinski definition) is 0. The summed E-state index contributed by atoms with van der Waals surface area (Å²) in [5.74, 6) is 1.85. The van der Waals surface area contributed by atoms with Crippen LogP contribution in [0.2, 0.25) is 0 Å². The summed E-state index contributed by atoms with van der Waals surface area (Å²) in [6.07, 6.45) is 2.24. The number of nitrogens with zero attached hydrogens (tertiary/aromatic N) is 8. The highest BCUT2D eigenvalue weighted by Crippen LogP contribution is 2.39. The van der Waals surface area contributed by atoms with Gasteiger partial charge in [0.05, 0.1) is 17.2 Å². The van der Waals surface area contributed by atoms with Crippen molar-refractivity contribution >= 4 is 16.7 Å². The molecule has 0 bridgehead atoms. The molecule has 174 valence electrons. The SMILES string of the molecule is CC1CN(c2c(C#N)c(=O)n(C)c3ccc(C#N)nc23)[C@@H](C)CN1C(C)c1nc(C2CC2)no1. The molecule has 34 heavy (non-hydrogen) atoms. The number of piperazine rings is 1. The second-order valence-electron chi connectivity index (χ2n) is 9.36. The minimum Gasteiger partial charge on any atom is -0.363 e. The molecular weight excluding hydrogens is 432 g/mol. The Kier molecular flexibility index (Phi) is 5.34. The summed E-state index contributed by atoms with van der Waals surface area (Å²) in [4.78, 5) is 26.6. The summed E-state index contributed by atoms with van der Waals surface area (Å²) in [5, 5.41) is 23.5. The fourth-order valence-electron chi connectivity index (χ4n) is 4.91. The maximum absolute atomic E-state index is 13.0. The number of pyridine rings is 2. The van der Waals surface area contributed by atoms with Gasteiger partial charge in [-0.1, -0.05) is 5.16 Å². The highest BCUT2D eigenvalue weighted by molar-refractivity contribution is 5.92. The molecular formula is C24H26N8O2. The molecule has 2 unspecified atom stereocenters. The molecule has 10 nitrogen and oxygen atoms in total. The third-order valence-corrected chi connectivity index (χ3v) is 7.02. The molecule has 3 atom stereocenters. The van der Waals surface area contributed by atoms with Crippen LogP contribution in [0.25, 0.3) is 11.0 Å². The van der Waals surface area contributed by atoms with Crippen LogP contribution in [0.3, 0.4) is 0 Å². The van der Waals surface area contributed by atoms with Crippen LogP contribution in [0.5, 0.6) is 0 Å². The predicted octanol–water partition coefficient (Wildman–Crippen LogP) is 2.60. The van der Waals surface area contributed by atoms with Gasteiger partial charge in [-0.15, -0.1) is 0 Å². The smallest absolute Gasteiger partial charge is 0.270 e. The van der Waals surface area contributed by atoms with Gasteiger partial charge in [0.1, 0.15) is 28.9 Å². The van der Waals surface area contributed by atoms with E-state index >= 15 is 0 Å². The summed E-state index contributed by atoms with van der Waals surface area (Å²) in [6, 6.07) is 7.46. The Balaban J connectivity index is 1.52. The van der Waals surface area contributed by atoms with Crippen molar-refractivity contribution in [3.8, 4) is 12.1 Å². The van der Waals surface area contributed by atoms with Crippen LogP contribution in [0.4, 0.5) is 5.69 Å². The van der Waals surface area contributed by atoms with Crippen molar-refractivity contribution in [2.24, 2.45) is 7.05 Å². The summed E-state index contributed by atoms with van der Waals surface area (Å²) in [5.41, 5.74) is 1.50. The molecule has 0 aromatic carbocycles. The summed E-state index contributed by atoms with van der Waals surface area (Å²) in [7, 11) is 1.62. The van der Waals surface area contributed by atoms with Gasteiger partial charge in [-0.25, -0.2) is 4.98 Å². The van der Waals surface area contributed by atoms with E-state index in [-0.39, 0.29) is 34.9 Å². The van der Waals surface area contributed by atoms with Crippen molar-refractivity contribution in [3.63, 3.8) is 0 Å². The zero-order chi connectivity index (χ0) is 24.1. The van der Waals surface area contributed by atoms with Crippen molar-refractivity contribution in [3.05, 3.63) is 45.5 Å². The molecule has 0 radical (unpaired) electrons. The summed E-state index contributed by atoms with van der Waals surface area (Å²) >= 11 is 0. The van der Waals surface area contributed by atoms with E-state index in [2.05, 4.69) is 57.8 Å². The Morgan fingerprint density at radius 1 is 1.12 bits per heavy atom. The Morgan fingerprint density at radius 2 is 1.88 bits per heavy atom. The third kappa shape index (κ3) is 3.51. The van der Waals surface area contributed by atoms with E-state index in [9.17, 15) is 15.3 Å². The average Bonchev–Trinajstić information content (AvgIpc) is 3.58. The molecule has 5 rings (SSSR count). The van der Waals surface area contributed by atoms with Gasteiger partial charge in [0.2, 0.25) is 5.89 Å². The van der Waals surface area contributed by atoms with Gasteiger partial charge in [-0.2, -0.15) is 15.5 Å². The fourth-order valence-corrected chi connectivity index (χ4v) is 4.91. The topological polar surface area (TPSA) is 128 Å². The molecule has 0 amide bonds. The number of hydrogen-bond acceptors (Lipinski definition) is 9. The first-order chi connectivity index (χ1) is 16.3. The van der Waals surface area contributed by atoms with Crippen LogP contribution >= 0.6 is 0 Å². The van der Waals surface area contributed by atoms with E-state index in [0.29, 0.717) is 41.6 Å². The molecule has 3 aromatic rings. The number of anilines is 1. The van der Waals surface area contributed by atoms with E-state index in [1.165, 1.54) is 4.57 Å². The molecule has 10 heteroatoms. The first kappa shape index (κ1) is 22.1. The Labute approximate surface area is 197 Å². The molecule has 4 heterocycles. The van der Waals surface area contributed by atoms with Crippen molar-refractivity contribution in [2.75, 3.05) is 18.0 Å². The first-order valence-electron chi connectivity index (χ1n) is 11.5. The normalized spacial score (nSPS) is 21.9. The largest absolute Gasteiger partial charge is 0.363 e. The van der Waals surface area contributed by atoms with Crippen LogP contribution in [0.1, 0.15) is 68.5 Å². The Morgan fingerprint density at radius 3 is 2.56 bits per heavy atom. The standard InChI is InChI=1S/C24H26N8O2/c1-13-12-32(14(2)11-31(13)15(3)23-28-22(29-34-23)16-5-6-16)21-18(10-26)24(33)30(4)19-8-7-17(9-25)27-20(19)21/h7-8,13-16H,5-6,11-12H2,1-4H3/t13?,14-,15?/m0/s1. The van der Waals surface area contributed by atoms with E-state index in [0.717, 1.165) is 18.7 Å². The number of nitriles is 2. The second-order valence-corrected chi connectivity index (χ2v) is 9.36. The maximum atomic E-state index is 13.0. The lowest BCUT2D eigenvalue weighted by molar-refractivity contribution is 0.0988. The van der Waals surface area contributed by atoms with Crippen molar-refractivity contribution in [1.82, 2.24) is 24.6 Å². The lowest BCUT2D eigenvalue weighted by atomic mass is 10.0. The molecule has 2 fully saturated rings. The lowest BCUT2D eigenvalue weighted by Gasteiger charge is -2.47. The summed E-state index contributed by atoms with van der Waals surface area (Å²) in [6.45, 7) is 7.48. The molecule has 0 spiro atoms. The van der Waals surface area contributed by atoms with Crippen LogP contribution in [0.15, 0.2) is 21.5 Å². The van der Waals surface area contributed by atoms with Crippen LogP contribution in [0, 0.1) is 22.7 Å². The fraction of sp³-hybridized carbons (Fsp3) is 0.500. The molecule has 1 saturated heterocycles. The maximum Gasteiger partial charge on any atom is 0.270 e. The number of fused-ring (bicyclic) bond motifs is 1. The van der Waals surface area contributed by atoms with Crippen LogP contribution in [-0.4, -0.2) is 49.8 Å². The minimum atomic E-state index is -0.370. The van der Waals surface area contributed by atoms with E-state index in [1.807, 2.05) is 0 Å². The van der Waals surface area contributed by atoms with Crippen molar-refractivity contribution in [2.45, 2.75) is 57.7 Å². The van der Waals surface area contributed by atoms with E-state index in [1.54, 1.807) is 19.2 Å². The van der Waals surface area contributed by atoms with Crippen molar-refractivity contribution < 1.29 is 4.52 Å². The third-order valence-electron chi connectivity index (χ3n) is 7.02. The van der Waals surface area contributed by atoms with Gasteiger partial charge >= 0.3 is 0 Å². The molecule has 1 aliphatic heterocycles. The Bertz CT molecular complexity index is 1410. The summed E-state index contributed by atoms with van der Waals surface area (Å²) < 4.78 is 7.00. The number of aryl methyl sites for hydroxylation is 1. The van der Waals surface area contributed by atoms with Crippen LogP contribution < -0.4 is 10.5 Å². The van der Waals surface area contributed by atoms with Gasteiger partial charge in [0.25, 0.3) is 5.56 Å². The molecule has 1 aliphatic carbocycles. The Hall–Kier alpha value is -3.76. The highest BCUT2D eigenvalue weighted by atomic mass is 16.5. The van der Waals surface area contributed by atoms with Crippen molar-refractivity contribution in [1.29, 1.82) is 10.5 Å². The predicted molar refractivity (Wildman–Crippen MR) is 124 cm³/mol. The first-order valence-corrected chi connectivity index (χ1v) is 11.5. The van der Waals surface area contributed by atoms with Gasteiger partial charge in [-0.3, -0.25) is 9.69 Å². The molecule has 2 aliphatic rings. The van der Waals surface area contributed by atoms with E-state index < -0.39 is 0 Å². The van der Waals surface area contributed by atoms with Gasteiger partial charge in [0.15, 0.2) is 5.82 Å². The second kappa shape index (κ2) is 8.23. The van der Waals surface area contributed by atoms with Gasteiger partial charge in [-0.05, 0) is 45.7 Å². The highest BCUT2D eigenvalue weighted by Gasteiger charge is 2.37. The van der Waals surface area contributed by atoms with E-state index in [4.69, 9.17) is 4.52 Å². The zero-order valence-corrected chi connectivity index (χ0v) is 19.7. The molecule has 3 aromatic heterocycles. The number of rotatable bonds is 4. The number of aromatic nitrogens is 4. The zero-order valence-electron chi connectivity index (χ0n) is 19.7. The minimum absolute atomic E-state index is 0.0283. The lowest BCUT2D eigenvalue weighted by Crippen LogP contribution is -2.57. The monoisotopic (exact) mass is 458 g/mol. The average molecular weight is 459 g/mol.